The van der Waals surface area contributed by atoms with Crippen molar-refractivity contribution in [2.24, 2.45) is 0 Å². The minimum absolute atomic E-state index is 0.407. The third kappa shape index (κ3) is 2.38. The summed E-state index contributed by atoms with van der Waals surface area (Å²) >= 11 is 0. The SMILES string of the molecule is COc1nc2c(C)cccc2cc1-c1noc(-c2cccnc2)n1. The highest BCUT2D eigenvalue weighted by molar-refractivity contribution is 5.87. The lowest BCUT2D eigenvalue weighted by molar-refractivity contribution is 0.399. The fourth-order valence-corrected chi connectivity index (χ4v) is 2.59. The predicted octanol–water partition coefficient (Wildman–Crippen LogP) is 3.66. The summed E-state index contributed by atoms with van der Waals surface area (Å²) in [4.78, 5) is 13.1. The fourth-order valence-electron chi connectivity index (χ4n) is 2.59. The van der Waals surface area contributed by atoms with E-state index in [4.69, 9.17) is 9.26 Å². The minimum Gasteiger partial charge on any atom is -0.480 e. The standard InChI is InChI=1S/C18H14N4O2/c1-11-5-3-6-12-9-14(18(23-2)20-15(11)12)16-21-17(24-22-16)13-7-4-8-19-10-13/h3-10H,1-2H3. The first kappa shape index (κ1) is 14.3. The Kier molecular flexibility index (Phi) is 3.42. The average molecular weight is 318 g/mol. The van der Waals surface area contributed by atoms with Gasteiger partial charge in [0.15, 0.2) is 0 Å². The normalized spacial score (nSPS) is 10.9. The molecule has 4 aromatic rings. The largest absolute Gasteiger partial charge is 0.480 e. The lowest BCUT2D eigenvalue weighted by atomic mass is 10.1. The maximum atomic E-state index is 5.43. The summed E-state index contributed by atoms with van der Waals surface area (Å²) in [5.41, 5.74) is 3.44. The van der Waals surface area contributed by atoms with Gasteiger partial charge in [-0.15, -0.1) is 0 Å². The van der Waals surface area contributed by atoms with E-state index >= 15 is 0 Å². The molecule has 118 valence electrons. The van der Waals surface area contributed by atoms with Crippen LogP contribution in [0.4, 0.5) is 0 Å². The zero-order chi connectivity index (χ0) is 16.5. The Labute approximate surface area is 138 Å². The second kappa shape index (κ2) is 5.73. The highest BCUT2D eigenvalue weighted by Crippen LogP contribution is 2.32. The number of hydrogen-bond donors (Lipinski definition) is 0. The summed E-state index contributed by atoms with van der Waals surface area (Å²) in [6.45, 7) is 2.02. The number of nitrogens with zero attached hydrogens (tertiary/aromatic N) is 4. The van der Waals surface area contributed by atoms with Gasteiger partial charge in [0, 0.05) is 17.8 Å². The van der Waals surface area contributed by atoms with Crippen LogP contribution in [0, 0.1) is 6.92 Å². The van der Waals surface area contributed by atoms with Gasteiger partial charge in [-0.1, -0.05) is 23.4 Å². The number of fused-ring (bicyclic) bond motifs is 1. The molecule has 0 bridgehead atoms. The van der Waals surface area contributed by atoms with Crippen molar-refractivity contribution in [3.8, 4) is 28.7 Å². The second-order valence-corrected chi connectivity index (χ2v) is 5.36. The lowest BCUT2D eigenvalue weighted by Gasteiger charge is -2.08. The molecule has 0 saturated carbocycles. The molecule has 0 aliphatic heterocycles. The van der Waals surface area contributed by atoms with Gasteiger partial charge in [-0.05, 0) is 30.7 Å². The van der Waals surface area contributed by atoms with Gasteiger partial charge < -0.3 is 9.26 Å². The molecule has 1 aromatic carbocycles. The molecule has 0 spiro atoms. The molecule has 6 heteroatoms. The van der Waals surface area contributed by atoms with Crippen molar-refractivity contribution < 1.29 is 9.26 Å². The molecule has 3 aromatic heterocycles. The van der Waals surface area contributed by atoms with Gasteiger partial charge in [0.2, 0.25) is 11.7 Å². The summed E-state index contributed by atoms with van der Waals surface area (Å²) in [7, 11) is 1.58. The molecule has 24 heavy (non-hydrogen) atoms. The molecule has 0 aliphatic rings. The number of pyridine rings is 2. The molecule has 0 radical (unpaired) electrons. The Morgan fingerprint density at radius 2 is 2.00 bits per heavy atom. The smallest absolute Gasteiger partial charge is 0.259 e. The van der Waals surface area contributed by atoms with Crippen molar-refractivity contribution in [3.05, 3.63) is 54.4 Å². The first-order valence-electron chi connectivity index (χ1n) is 7.45. The molecular formula is C18H14N4O2. The van der Waals surface area contributed by atoms with E-state index in [0.29, 0.717) is 23.2 Å². The van der Waals surface area contributed by atoms with Crippen molar-refractivity contribution in [2.75, 3.05) is 7.11 Å². The van der Waals surface area contributed by atoms with Crippen LogP contribution in [0.5, 0.6) is 5.88 Å². The van der Waals surface area contributed by atoms with Gasteiger partial charge in [0.1, 0.15) is 0 Å². The summed E-state index contributed by atoms with van der Waals surface area (Å²) in [5, 5.41) is 5.07. The molecule has 6 nitrogen and oxygen atoms in total. The van der Waals surface area contributed by atoms with E-state index in [1.54, 1.807) is 19.5 Å². The number of para-hydroxylation sites is 1. The van der Waals surface area contributed by atoms with Crippen LogP contribution in [0.1, 0.15) is 5.56 Å². The summed E-state index contributed by atoms with van der Waals surface area (Å²) < 4.78 is 10.8. The minimum atomic E-state index is 0.407. The van der Waals surface area contributed by atoms with E-state index in [-0.39, 0.29) is 0 Å². The average Bonchev–Trinajstić information content (AvgIpc) is 3.12. The number of ether oxygens (including phenoxy) is 1. The molecule has 0 aliphatic carbocycles. The van der Waals surface area contributed by atoms with E-state index < -0.39 is 0 Å². The molecule has 0 N–H and O–H groups in total. The highest BCUT2D eigenvalue weighted by atomic mass is 16.5. The Hall–Kier alpha value is -3.28. The number of methoxy groups -OCH3 is 1. The van der Waals surface area contributed by atoms with Crippen molar-refractivity contribution in [1.82, 2.24) is 20.1 Å². The van der Waals surface area contributed by atoms with Crippen molar-refractivity contribution in [1.29, 1.82) is 0 Å². The van der Waals surface area contributed by atoms with Crippen LogP contribution >= 0.6 is 0 Å². The topological polar surface area (TPSA) is 73.9 Å². The van der Waals surface area contributed by atoms with Crippen LogP contribution in [-0.2, 0) is 0 Å². The number of benzene rings is 1. The first-order valence-corrected chi connectivity index (χ1v) is 7.45. The van der Waals surface area contributed by atoms with Gasteiger partial charge in [0.05, 0.1) is 23.8 Å². The van der Waals surface area contributed by atoms with Crippen LogP contribution in [0.25, 0.3) is 33.7 Å². The van der Waals surface area contributed by atoms with E-state index in [0.717, 1.165) is 22.0 Å². The maximum absolute atomic E-state index is 5.43. The Morgan fingerprint density at radius 3 is 2.79 bits per heavy atom. The van der Waals surface area contributed by atoms with Gasteiger partial charge >= 0.3 is 0 Å². The van der Waals surface area contributed by atoms with Crippen LogP contribution in [-0.4, -0.2) is 27.2 Å². The Morgan fingerprint density at radius 1 is 1.08 bits per heavy atom. The summed E-state index contributed by atoms with van der Waals surface area (Å²) in [6, 6.07) is 11.7. The van der Waals surface area contributed by atoms with Crippen LogP contribution < -0.4 is 4.74 Å². The first-order chi connectivity index (χ1) is 11.8. The van der Waals surface area contributed by atoms with E-state index in [1.165, 1.54) is 0 Å². The van der Waals surface area contributed by atoms with E-state index in [2.05, 4.69) is 20.1 Å². The fraction of sp³-hybridized carbons (Fsp3) is 0.111. The van der Waals surface area contributed by atoms with Gasteiger partial charge in [-0.3, -0.25) is 4.98 Å². The monoisotopic (exact) mass is 318 g/mol. The Balaban J connectivity index is 1.86. The summed E-state index contributed by atoms with van der Waals surface area (Å²) in [5.74, 6) is 1.31. The highest BCUT2D eigenvalue weighted by Gasteiger charge is 2.17. The molecule has 0 amide bonds. The second-order valence-electron chi connectivity index (χ2n) is 5.36. The zero-order valence-electron chi connectivity index (χ0n) is 13.2. The molecule has 0 atom stereocenters. The molecule has 0 unspecified atom stereocenters. The van der Waals surface area contributed by atoms with Crippen LogP contribution in [0.15, 0.2) is 53.3 Å². The van der Waals surface area contributed by atoms with Crippen molar-refractivity contribution in [2.45, 2.75) is 6.92 Å². The number of aromatic nitrogens is 4. The van der Waals surface area contributed by atoms with E-state index in [1.807, 2.05) is 43.3 Å². The molecule has 3 heterocycles. The van der Waals surface area contributed by atoms with Crippen LogP contribution in [0.2, 0.25) is 0 Å². The summed E-state index contributed by atoms with van der Waals surface area (Å²) in [6.07, 6.45) is 3.37. The van der Waals surface area contributed by atoms with Gasteiger partial charge in [-0.25, -0.2) is 4.98 Å². The molecule has 0 fully saturated rings. The van der Waals surface area contributed by atoms with Gasteiger partial charge in [0.25, 0.3) is 5.89 Å². The zero-order valence-corrected chi connectivity index (χ0v) is 13.2. The number of hydrogen-bond acceptors (Lipinski definition) is 6. The number of rotatable bonds is 3. The van der Waals surface area contributed by atoms with Crippen molar-refractivity contribution >= 4 is 10.9 Å². The maximum Gasteiger partial charge on any atom is 0.259 e. The van der Waals surface area contributed by atoms with Crippen LogP contribution in [0.3, 0.4) is 0 Å². The third-order valence-corrected chi connectivity index (χ3v) is 3.78. The Bertz CT molecular complexity index is 1010. The number of aryl methyl sites for hydroxylation is 1. The third-order valence-electron chi connectivity index (χ3n) is 3.78. The molecule has 4 rings (SSSR count). The lowest BCUT2D eigenvalue weighted by Crippen LogP contribution is -1.95. The van der Waals surface area contributed by atoms with E-state index in [9.17, 15) is 0 Å². The van der Waals surface area contributed by atoms with Crippen molar-refractivity contribution in [3.63, 3.8) is 0 Å². The quantitative estimate of drug-likeness (QED) is 0.574. The predicted molar refractivity (Wildman–Crippen MR) is 89.6 cm³/mol. The molecule has 0 saturated heterocycles. The van der Waals surface area contributed by atoms with Gasteiger partial charge in [-0.2, -0.15) is 4.98 Å². The molecular weight excluding hydrogens is 304 g/mol.